The molecule has 0 atom stereocenters. The highest BCUT2D eigenvalue weighted by Crippen LogP contribution is 2.21. The van der Waals surface area contributed by atoms with E-state index in [9.17, 15) is 14.9 Å². The molecule has 0 unspecified atom stereocenters. The highest BCUT2D eigenvalue weighted by Gasteiger charge is 2.09. The van der Waals surface area contributed by atoms with Crippen LogP contribution in [0.15, 0.2) is 18.2 Å². The van der Waals surface area contributed by atoms with Crippen LogP contribution in [0.1, 0.15) is 5.56 Å². The van der Waals surface area contributed by atoms with Crippen LogP contribution in [0.2, 0.25) is 0 Å². The summed E-state index contributed by atoms with van der Waals surface area (Å²) < 4.78 is 0. The van der Waals surface area contributed by atoms with Gasteiger partial charge in [-0.05, 0) is 12.5 Å². The molecule has 0 aliphatic heterocycles. The molecule has 1 rings (SSSR count). The van der Waals surface area contributed by atoms with E-state index in [2.05, 4.69) is 5.32 Å². The first kappa shape index (κ1) is 10.9. The van der Waals surface area contributed by atoms with E-state index in [1.807, 2.05) is 5.43 Å². The van der Waals surface area contributed by atoms with Gasteiger partial charge < -0.3 is 5.32 Å². The molecule has 15 heavy (non-hydrogen) atoms. The minimum Gasteiger partial charge on any atom is -0.306 e. The van der Waals surface area contributed by atoms with Gasteiger partial charge in [0, 0.05) is 12.1 Å². The molecule has 2 amide bonds. The average molecular weight is 210 g/mol. The van der Waals surface area contributed by atoms with Crippen LogP contribution in [0.25, 0.3) is 0 Å². The van der Waals surface area contributed by atoms with Crippen LogP contribution in [0.5, 0.6) is 0 Å². The maximum atomic E-state index is 10.9. The summed E-state index contributed by atoms with van der Waals surface area (Å²) in [4.78, 5) is 20.8. The number of hydrazine groups is 1. The molecule has 80 valence electrons. The Kier molecular flexibility index (Phi) is 3.19. The number of nitrogens with zero attached hydrogens (tertiary/aromatic N) is 1. The highest BCUT2D eigenvalue weighted by atomic mass is 16.6. The van der Waals surface area contributed by atoms with Crippen molar-refractivity contribution in [1.82, 2.24) is 5.43 Å². The van der Waals surface area contributed by atoms with Crippen molar-refractivity contribution in [1.29, 1.82) is 0 Å². The second-order valence-electron chi connectivity index (χ2n) is 2.85. The highest BCUT2D eigenvalue weighted by molar-refractivity contribution is 5.90. The number of amides is 2. The van der Waals surface area contributed by atoms with Gasteiger partial charge in [-0.3, -0.25) is 15.5 Å². The summed E-state index contributed by atoms with van der Waals surface area (Å²) >= 11 is 0. The summed E-state index contributed by atoms with van der Waals surface area (Å²) in [6.07, 6.45) is 0. The van der Waals surface area contributed by atoms with Crippen molar-refractivity contribution in [2.24, 2.45) is 5.84 Å². The summed E-state index contributed by atoms with van der Waals surface area (Å²) in [6.45, 7) is 1.72. The van der Waals surface area contributed by atoms with E-state index in [1.54, 1.807) is 13.0 Å². The fourth-order valence-electron chi connectivity index (χ4n) is 1.02. The van der Waals surface area contributed by atoms with Gasteiger partial charge in [-0.25, -0.2) is 10.6 Å². The van der Waals surface area contributed by atoms with Crippen LogP contribution in [0.3, 0.4) is 0 Å². The van der Waals surface area contributed by atoms with E-state index in [-0.39, 0.29) is 5.69 Å². The topological polar surface area (TPSA) is 110 Å². The molecule has 0 radical (unpaired) electrons. The van der Waals surface area contributed by atoms with Gasteiger partial charge in [0.2, 0.25) is 0 Å². The van der Waals surface area contributed by atoms with Crippen molar-refractivity contribution >= 4 is 17.4 Å². The molecule has 0 saturated heterocycles. The molecular formula is C8H10N4O3. The number of hydrogen-bond donors (Lipinski definition) is 3. The van der Waals surface area contributed by atoms with Crippen LogP contribution in [0.4, 0.5) is 16.2 Å². The molecule has 0 heterocycles. The number of hydrogen-bond acceptors (Lipinski definition) is 4. The fraction of sp³-hybridized carbons (Fsp3) is 0.125. The number of anilines is 1. The lowest BCUT2D eigenvalue weighted by Crippen LogP contribution is -2.34. The number of carbonyl (C=O) groups excluding carboxylic acids is 1. The average Bonchev–Trinajstić information content (AvgIpc) is 2.20. The van der Waals surface area contributed by atoms with E-state index in [4.69, 9.17) is 5.84 Å². The number of urea groups is 1. The summed E-state index contributed by atoms with van der Waals surface area (Å²) in [5.74, 6) is 4.87. The van der Waals surface area contributed by atoms with Gasteiger partial charge in [0.05, 0.1) is 10.6 Å². The van der Waals surface area contributed by atoms with Crippen LogP contribution in [-0.2, 0) is 0 Å². The van der Waals surface area contributed by atoms with E-state index in [0.717, 1.165) is 0 Å². The number of benzene rings is 1. The van der Waals surface area contributed by atoms with Crippen LogP contribution >= 0.6 is 0 Å². The Morgan fingerprint density at radius 2 is 2.20 bits per heavy atom. The first-order valence-electron chi connectivity index (χ1n) is 4.07. The Bertz CT molecular complexity index is 405. The second-order valence-corrected chi connectivity index (χ2v) is 2.85. The smallest absolute Gasteiger partial charge is 0.306 e. The van der Waals surface area contributed by atoms with Gasteiger partial charge in [-0.1, -0.05) is 6.07 Å². The molecule has 1 aromatic carbocycles. The summed E-state index contributed by atoms with van der Waals surface area (Å²) in [6, 6.07) is 3.55. The fourth-order valence-corrected chi connectivity index (χ4v) is 1.02. The second kappa shape index (κ2) is 4.38. The largest absolute Gasteiger partial charge is 0.333 e. The molecule has 7 nitrogen and oxygen atoms in total. The molecule has 7 heteroatoms. The third kappa shape index (κ3) is 2.64. The van der Waals surface area contributed by atoms with Crippen molar-refractivity contribution in [2.45, 2.75) is 6.92 Å². The lowest BCUT2D eigenvalue weighted by Gasteiger charge is -2.06. The molecule has 0 aromatic heterocycles. The Hall–Kier alpha value is -2.15. The molecule has 0 bridgehead atoms. The molecule has 0 saturated carbocycles. The molecule has 4 N–H and O–H groups in total. The molecule has 1 aromatic rings. The Labute approximate surface area is 85.4 Å². The van der Waals surface area contributed by atoms with Crippen molar-refractivity contribution in [3.63, 3.8) is 0 Å². The molecule has 0 fully saturated rings. The first-order valence-corrected chi connectivity index (χ1v) is 4.07. The third-order valence-electron chi connectivity index (χ3n) is 1.81. The number of nitro benzene ring substituents is 1. The number of carbonyl (C=O) groups is 1. The molecule has 0 aliphatic rings. The quantitative estimate of drug-likeness (QED) is 0.291. The number of rotatable bonds is 2. The maximum absolute atomic E-state index is 10.9. The minimum absolute atomic E-state index is 0.0899. The van der Waals surface area contributed by atoms with E-state index in [0.29, 0.717) is 11.3 Å². The predicted octanol–water partition coefficient (Wildman–Crippen LogP) is 0.898. The number of nitro groups is 1. The normalized spacial score (nSPS) is 9.47. The van der Waals surface area contributed by atoms with Gasteiger partial charge in [0.15, 0.2) is 0 Å². The monoisotopic (exact) mass is 210 g/mol. The summed E-state index contributed by atoms with van der Waals surface area (Å²) in [5.41, 5.74) is 2.85. The third-order valence-corrected chi connectivity index (χ3v) is 1.81. The standard InChI is InChI=1S/C8H10N4O3/c1-5-2-3-6(12(14)15)4-7(5)10-8(13)11-9/h2-4H,9H2,1H3,(H2,10,11,13). The van der Waals surface area contributed by atoms with E-state index in [1.165, 1.54) is 12.1 Å². The van der Waals surface area contributed by atoms with Gasteiger partial charge in [-0.15, -0.1) is 0 Å². The van der Waals surface area contributed by atoms with Crippen molar-refractivity contribution in [3.05, 3.63) is 33.9 Å². The minimum atomic E-state index is -0.626. The SMILES string of the molecule is Cc1ccc([N+](=O)[O-])cc1NC(=O)NN. The zero-order chi connectivity index (χ0) is 11.4. The number of non-ortho nitro benzene ring substituents is 1. The Morgan fingerprint density at radius 1 is 1.53 bits per heavy atom. The summed E-state index contributed by atoms with van der Waals surface area (Å²) in [5, 5.41) is 12.8. The van der Waals surface area contributed by atoms with Crippen LogP contribution in [-0.4, -0.2) is 11.0 Å². The number of nitrogens with one attached hydrogen (secondary N) is 2. The van der Waals surface area contributed by atoms with Crippen LogP contribution in [0, 0.1) is 17.0 Å². The predicted molar refractivity (Wildman–Crippen MR) is 54.2 cm³/mol. The number of nitrogens with two attached hydrogens (primary N) is 1. The Balaban J connectivity index is 3.00. The summed E-state index contributed by atoms with van der Waals surface area (Å²) in [7, 11) is 0. The van der Waals surface area contributed by atoms with E-state index < -0.39 is 11.0 Å². The lowest BCUT2D eigenvalue weighted by molar-refractivity contribution is -0.384. The van der Waals surface area contributed by atoms with Gasteiger partial charge >= 0.3 is 6.03 Å². The van der Waals surface area contributed by atoms with E-state index >= 15 is 0 Å². The molecular weight excluding hydrogens is 200 g/mol. The first-order chi connectivity index (χ1) is 7.04. The number of aryl methyl sites for hydroxylation is 1. The van der Waals surface area contributed by atoms with Gasteiger partial charge in [0.25, 0.3) is 5.69 Å². The van der Waals surface area contributed by atoms with Crippen molar-refractivity contribution in [3.8, 4) is 0 Å². The lowest BCUT2D eigenvalue weighted by atomic mass is 10.2. The van der Waals surface area contributed by atoms with Crippen molar-refractivity contribution in [2.75, 3.05) is 5.32 Å². The zero-order valence-electron chi connectivity index (χ0n) is 7.98. The Morgan fingerprint density at radius 3 is 2.73 bits per heavy atom. The molecule has 0 spiro atoms. The van der Waals surface area contributed by atoms with Gasteiger partial charge in [-0.2, -0.15) is 0 Å². The van der Waals surface area contributed by atoms with Crippen LogP contribution < -0.4 is 16.6 Å². The van der Waals surface area contributed by atoms with Gasteiger partial charge in [0.1, 0.15) is 0 Å². The van der Waals surface area contributed by atoms with Crippen molar-refractivity contribution < 1.29 is 9.72 Å². The molecule has 0 aliphatic carbocycles. The zero-order valence-corrected chi connectivity index (χ0v) is 7.98. The maximum Gasteiger partial charge on any atom is 0.333 e.